The van der Waals surface area contributed by atoms with Crippen LogP contribution in [0.15, 0.2) is 30.6 Å². The first-order chi connectivity index (χ1) is 14.3. The van der Waals surface area contributed by atoms with E-state index in [0.29, 0.717) is 18.7 Å². The number of aryl methyl sites for hydroxylation is 1. The molecule has 0 spiro atoms. The Kier molecular flexibility index (Phi) is 11.8. The lowest BCUT2D eigenvalue weighted by molar-refractivity contribution is -0.118. The molecule has 0 aliphatic carbocycles. The van der Waals surface area contributed by atoms with E-state index in [-0.39, 0.29) is 5.78 Å². The lowest BCUT2D eigenvalue weighted by atomic mass is 10.0. The van der Waals surface area contributed by atoms with Crippen molar-refractivity contribution in [1.82, 2.24) is 15.2 Å². The zero-order valence-corrected chi connectivity index (χ0v) is 17.9. The van der Waals surface area contributed by atoms with Crippen molar-refractivity contribution in [2.45, 2.75) is 96.3 Å². The summed E-state index contributed by atoms with van der Waals surface area (Å²) >= 11 is 0. The monoisotopic (exact) mass is 398 g/mol. The number of nitrogens with one attached hydrogen (secondary N) is 1. The van der Waals surface area contributed by atoms with Crippen LogP contribution < -0.4 is 5.73 Å². The number of aromatic amines is 1. The largest absolute Gasteiger partial charge is 0.382 e. The molecule has 0 aliphatic rings. The van der Waals surface area contributed by atoms with Gasteiger partial charge in [0.15, 0.2) is 0 Å². The van der Waals surface area contributed by atoms with Crippen molar-refractivity contribution < 1.29 is 4.79 Å². The van der Waals surface area contributed by atoms with Crippen LogP contribution in [0, 0.1) is 0 Å². The number of hydrogen-bond acceptors (Lipinski definition) is 4. The highest BCUT2D eigenvalue weighted by atomic mass is 16.1. The molecule has 0 saturated heterocycles. The van der Waals surface area contributed by atoms with Gasteiger partial charge in [-0.2, -0.15) is 5.10 Å². The van der Waals surface area contributed by atoms with E-state index in [2.05, 4.69) is 27.3 Å². The third-order valence-corrected chi connectivity index (χ3v) is 5.51. The number of rotatable bonds is 17. The topological polar surface area (TPSA) is 84.7 Å². The van der Waals surface area contributed by atoms with Crippen LogP contribution >= 0.6 is 0 Å². The van der Waals surface area contributed by atoms with Crippen LogP contribution in [-0.2, 0) is 17.6 Å². The molecule has 160 valence electrons. The van der Waals surface area contributed by atoms with E-state index < -0.39 is 0 Å². The van der Waals surface area contributed by atoms with Gasteiger partial charge < -0.3 is 5.73 Å². The van der Waals surface area contributed by atoms with E-state index in [9.17, 15) is 4.79 Å². The number of ketones is 1. The van der Waals surface area contributed by atoms with E-state index in [0.717, 1.165) is 24.8 Å². The highest BCUT2D eigenvalue weighted by molar-refractivity contribution is 5.81. The number of Topliss-reactive ketones (excluding diaryl/α,β-unsaturated/α-hetero) is 1. The van der Waals surface area contributed by atoms with E-state index in [1.807, 2.05) is 12.3 Å². The Labute approximate surface area is 175 Å². The van der Waals surface area contributed by atoms with Crippen molar-refractivity contribution in [2.75, 3.05) is 5.73 Å². The summed E-state index contributed by atoms with van der Waals surface area (Å²) in [5, 5.41) is 6.55. The van der Waals surface area contributed by atoms with Gasteiger partial charge in [-0.1, -0.05) is 70.3 Å². The Morgan fingerprint density at radius 2 is 1.48 bits per heavy atom. The second kappa shape index (κ2) is 14.8. The molecule has 2 rings (SSSR count). The number of nitrogen functional groups attached to an aromatic ring is 1. The highest BCUT2D eigenvalue weighted by Gasteiger charge is 2.08. The van der Waals surface area contributed by atoms with E-state index in [4.69, 9.17) is 5.73 Å². The molecule has 2 aromatic heterocycles. The minimum absolute atomic E-state index is 0.262. The molecule has 0 unspecified atom stereocenters. The van der Waals surface area contributed by atoms with Gasteiger partial charge in [0.1, 0.15) is 11.6 Å². The first-order valence-electron chi connectivity index (χ1n) is 11.5. The third-order valence-electron chi connectivity index (χ3n) is 5.51. The minimum atomic E-state index is 0.262. The van der Waals surface area contributed by atoms with E-state index in [1.54, 1.807) is 6.20 Å². The second-order valence-corrected chi connectivity index (χ2v) is 8.07. The van der Waals surface area contributed by atoms with Crippen LogP contribution in [0.4, 0.5) is 5.82 Å². The smallest absolute Gasteiger partial charge is 0.148 e. The fourth-order valence-electron chi connectivity index (χ4n) is 3.71. The summed E-state index contributed by atoms with van der Waals surface area (Å²) in [4.78, 5) is 16.3. The fraction of sp³-hybridized carbons (Fsp3) is 0.625. The van der Waals surface area contributed by atoms with Crippen LogP contribution in [0.2, 0.25) is 0 Å². The average Bonchev–Trinajstić information content (AvgIpc) is 3.13. The van der Waals surface area contributed by atoms with Crippen molar-refractivity contribution in [3.63, 3.8) is 0 Å². The van der Waals surface area contributed by atoms with Gasteiger partial charge in [-0.25, -0.2) is 0 Å². The van der Waals surface area contributed by atoms with Crippen LogP contribution in [0.5, 0.6) is 0 Å². The van der Waals surface area contributed by atoms with Crippen molar-refractivity contribution >= 4 is 11.6 Å². The normalized spacial score (nSPS) is 11.0. The highest BCUT2D eigenvalue weighted by Crippen LogP contribution is 2.14. The molecule has 2 aromatic rings. The van der Waals surface area contributed by atoms with Gasteiger partial charge in [0.25, 0.3) is 0 Å². The van der Waals surface area contributed by atoms with Crippen molar-refractivity contribution in [2.24, 2.45) is 0 Å². The zero-order chi connectivity index (χ0) is 20.6. The number of nitrogens with two attached hydrogens (primary N) is 1. The predicted molar refractivity (Wildman–Crippen MR) is 120 cm³/mol. The Hall–Kier alpha value is -2.17. The molecule has 0 fully saturated rings. The Morgan fingerprint density at radius 1 is 0.862 bits per heavy atom. The van der Waals surface area contributed by atoms with E-state index in [1.165, 1.54) is 69.9 Å². The Morgan fingerprint density at radius 3 is 2.03 bits per heavy atom. The lowest BCUT2D eigenvalue weighted by Gasteiger charge is -2.04. The van der Waals surface area contributed by atoms with Gasteiger partial charge in [-0.15, -0.1) is 0 Å². The molecule has 0 bridgehead atoms. The number of pyridine rings is 1. The first kappa shape index (κ1) is 23.1. The number of aromatic nitrogens is 3. The number of carbonyl (C=O) groups excluding carboxylic acids is 1. The van der Waals surface area contributed by atoms with Gasteiger partial charge >= 0.3 is 0 Å². The molecule has 0 amide bonds. The van der Waals surface area contributed by atoms with E-state index >= 15 is 0 Å². The number of anilines is 1. The van der Waals surface area contributed by atoms with Gasteiger partial charge in [-0.05, 0) is 31.4 Å². The minimum Gasteiger partial charge on any atom is -0.382 e. The van der Waals surface area contributed by atoms with Gasteiger partial charge in [0.05, 0.1) is 0 Å². The van der Waals surface area contributed by atoms with Gasteiger partial charge in [0.2, 0.25) is 0 Å². The molecule has 0 radical (unpaired) electrons. The molecule has 5 nitrogen and oxygen atoms in total. The number of nitrogens with zero attached hydrogens (tertiary/aromatic N) is 2. The third kappa shape index (κ3) is 10.8. The number of carbonyl (C=O) groups is 1. The van der Waals surface area contributed by atoms with Crippen LogP contribution in [0.25, 0.3) is 0 Å². The summed E-state index contributed by atoms with van der Waals surface area (Å²) in [6.45, 7) is 0. The number of H-pyrrole nitrogens is 1. The van der Waals surface area contributed by atoms with Crippen molar-refractivity contribution in [3.05, 3.63) is 41.9 Å². The average molecular weight is 399 g/mol. The summed E-state index contributed by atoms with van der Waals surface area (Å²) in [5.41, 5.74) is 7.73. The van der Waals surface area contributed by atoms with Crippen LogP contribution in [0.3, 0.4) is 0 Å². The second-order valence-electron chi connectivity index (χ2n) is 8.07. The maximum atomic E-state index is 11.9. The number of unbranched alkanes of at least 4 members (excludes halogenated alkanes) is 11. The first-order valence-corrected chi connectivity index (χ1v) is 11.5. The molecule has 2 heterocycles. The number of hydrogen-bond donors (Lipinski definition) is 2. The molecule has 5 heteroatoms. The molecule has 0 atom stereocenters. The molecule has 0 saturated carbocycles. The molecular weight excluding hydrogens is 360 g/mol. The fourth-order valence-corrected chi connectivity index (χ4v) is 3.71. The molecular formula is C24H38N4O. The SMILES string of the molecule is Nc1n[nH]cc1CC(=O)CCCCCCCCCCCCCCc1ccccn1. The lowest BCUT2D eigenvalue weighted by Crippen LogP contribution is -2.03. The van der Waals surface area contributed by atoms with Crippen LogP contribution in [0.1, 0.15) is 94.7 Å². The zero-order valence-electron chi connectivity index (χ0n) is 17.9. The summed E-state index contributed by atoms with van der Waals surface area (Å²) in [6.07, 6.45) is 21.2. The summed E-state index contributed by atoms with van der Waals surface area (Å²) in [5.74, 6) is 0.709. The Bertz CT molecular complexity index is 669. The standard InChI is InChI=1S/C24H38N4O/c25-24-21(20-27-28-24)19-23(29)17-12-10-8-6-4-2-1-3-5-7-9-11-15-22-16-13-14-18-26-22/h13-14,16,18,20H,1-12,15,17,19H2,(H3,25,27,28). The molecule has 0 aromatic carbocycles. The van der Waals surface area contributed by atoms with Gasteiger partial charge in [0, 0.05) is 36.5 Å². The predicted octanol–water partition coefficient (Wildman–Crippen LogP) is 5.81. The van der Waals surface area contributed by atoms with Crippen molar-refractivity contribution in [1.29, 1.82) is 0 Å². The molecule has 3 N–H and O–H groups in total. The quantitative estimate of drug-likeness (QED) is 0.329. The Balaban J connectivity index is 1.30. The van der Waals surface area contributed by atoms with Crippen LogP contribution in [-0.4, -0.2) is 21.0 Å². The molecule has 29 heavy (non-hydrogen) atoms. The maximum absolute atomic E-state index is 11.9. The summed E-state index contributed by atoms with van der Waals surface area (Å²) in [6, 6.07) is 6.17. The van der Waals surface area contributed by atoms with Gasteiger partial charge in [-0.3, -0.25) is 14.9 Å². The maximum Gasteiger partial charge on any atom is 0.148 e. The summed E-state index contributed by atoms with van der Waals surface area (Å²) in [7, 11) is 0. The van der Waals surface area contributed by atoms with Crippen molar-refractivity contribution in [3.8, 4) is 0 Å². The summed E-state index contributed by atoms with van der Waals surface area (Å²) < 4.78 is 0. The molecule has 0 aliphatic heterocycles.